The lowest BCUT2D eigenvalue weighted by atomic mass is 10.0. The normalized spacial score (nSPS) is 18.5. The summed E-state index contributed by atoms with van der Waals surface area (Å²) >= 11 is 0. The number of hydrogen-bond acceptors (Lipinski definition) is 4. The quantitative estimate of drug-likeness (QED) is 0.900. The lowest BCUT2D eigenvalue weighted by molar-refractivity contribution is 0.0665. The van der Waals surface area contributed by atoms with Crippen molar-refractivity contribution in [1.29, 1.82) is 0 Å². The molecule has 4 heterocycles. The van der Waals surface area contributed by atoms with E-state index in [1.165, 1.54) is 0 Å². The van der Waals surface area contributed by atoms with Crippen molar-refractivity contribution in [2.75, 3.05) is 26.2 Å². The van der Waals surface area contributed by atoms with Gasteiger partial charge in [0.1, 0.15) is 0 Å². The zero-order chi connectivity index (χ0) is 17.2. The van der Waals surface area contributed by atoms with E-state index in [9.17, 15) is 9.59 Å². The second-order valence-electron chi connectivity index (χ2n) is 6.27. The molecule has 130 valence electrons. The van der Waals surface area contributed by atoms with Crippen LogP contribution >= 0.6 is 0 Å². The van der Waals surface area contributed by atoms with Gasteiger partial charge in [-0.25, -0.2) is 14.5 Å². The summed E-state index contributed by atoms with van der Waals surface area (Å²) in [5, 5.41) is 7.02. The van der Waals surface area contributed by atoms with Crippen molar-refractivity contribution in [2.45, 2.75) is 18.9 Å². The molecule has 2 aromatic rings. The fourth-order valence-corrected chi connectivity index (χ4v) is 3.53. The Kier molecular flexibility index (Phi) is 4.09. The molecule has 2 aliphatic rings. The molecule has 0 saturated carbocycles. The second-order valence-corrected chi connectivity index (χ2v) is 6.27. The van der Waals surface area contributed by atoms with Crippen molar-refractivity contribution in [3.05, 3.63) is 42.4 Å². The van der Waals surface area contributed by atoms with Crippen LogP contribution in [0.1, 0.15) is 23.2 Å². The first kappa shape index (κ1) is 15.6. The molecule has 4 rings (SSSR count). The van der Waals surface area contributed by atoms with Crippen molar-refractivity contribution >= 4 is 11.9 Å². The lowest BCUT2D eigenvalue weighted by Gasteiger charge is -2.36. The average molecular weight is 340 g/mol. The Hall–Kier alpha value is -2.90. The molecule has 0 radical (unpaired) electrons. The van der Waals surface area contributed by atoms with Crippen molar-refractivity contribution in [3.8, 4) is 5.82 Å². The summed E-state index contributed by atoms with van der Waals surface area (Å²) in [5.74, 6) is 0.501. The first-order valence-corrected chi connectivity index (χ1v) is 8.53. The Bertz CT molecular complexity index is 767. The van der Waals surface area contributed by atoms with Crippen LogP contribution in [0, 0.1) is 0 Å². The number of nitrogens with zero attached hydrogens (tertiary/aromatic N) is 5. The Balaban J connectivity index is 1.47. The smallest absolute Gasteiger partial charge is 0.317 e. The van der Waals surface area contributed by atoms with Crippen LogP contribution in [-0.4, -0.2) is 68.7 Å². The van der Waals surface area contributed by atoms with Crippen molar-refractivity contribution < 1.29 is 9.59 Å². The third-order valence-electron chi connectivity index (χ3n) is 4.82. The van der Waals surface area contributed by atoms with Gasteiger partial charge in [-0.05, 0) is 31.0 Å². The minimum atomic E-state index is -0.0390. The molecule has 0 aliphatic carbocycles. The molecular formula is C17H20N6O2. The molecule has 2 saturated heterocycles. The van der Waals surface area contributed by atoms with Crippen LogP contribution in [0.5, 0.6) is 0 Å². The van der Waals surface area contributed by atoms with Crippen LogP contribution in [0.15, 0.2) is 36.8 Å². The average Bonchev–Trinajstić information content (AvgIpc) is 3.33. The Morgan fingerprint density at radius 3 is 2.68 bits per heavy atom. The highest BCUT2D eigenvalue weighted by Crippen LogP contribution is 2.21. The van der Waals surface area contributed by atoms with E-state index < -0.39 is 0 Å². The number of hydrogen-bond donors (Lipinski definition) is 1. The topological polar surface area (TPSA) is 83.4 Å². The first-order valence-electron chi connectivity index (χ1n) is 8.53. The molecule has 2 aromatic heterocycles. The maximum absolute atomic E-state index is 13.0. The van der Waals surface area contributed by atoms with Crippen LogP contribution in [0.25, 0.3) is 5.82 Å². The van der Waals surface area contributed by atoms with Crippen molar-refractivity contribution in [1.82, 2.24) is 29.9 Å². The molecule has 25 heavy (non-hydrogen) atoms. The highest BCUT2D eigenvalue weighted by molar-refractivity contribution is 5.97. The van der Waals surface area contributed by atoms with Gasteiger partial charge in [0.05, 0.1) is 5.56 Å². The van der Waals surface area contributed by atoms with Crippen LogP contribution in [0.2, 0.25) is 0 Å². The van der Waals surface area contributed by atoms with Crippen molar-refractivity contribution in [3.63, 3.8) is 0 Å². The molecule has 0 aromatic carbocycles. The van der Waals surface area contributed by atoms with Crippen LogP contribution in [0.3, 0.4) is 0 Å². The van der Waals surface area contributed by atoms with Crippen molar-refractivity contribution in [2.24, 2.45) is 0 Å². The van der Waals surface area contributed by atoms with E-state index in [2.05, 4.69) is 15.4 Å². The molecule has 2 aliphatic heterocycles. The number of pyridine rings is 1. The lowest BCUT2D eigenvalue weighted by Crippen LogP contribution is -2.47. The number of rotatable bonds is 3. The fourth-order valence-electron chi connectivity index (χ4n) is 3.53. The maximum Gasteiger partial charge on any atom is 0.317 e. The summed E-state index contributed by atoms with van der Waals surface area (Å²) in [6.07, 6.45) is 6.70. The van der Waals surface area contributed by atoms with E-state index in [4.69, 9.17) is 0 Å². The number of aromatic nitrogens is 3. The van der Waals surface area contributed by atoms with Gasteiger partial charge in [-0.1, -0.05) is 0 Å². The third-order valence-corrected chi connectivity index (χ3v) is 4.82. The fraction of sp³-hybridized carbons (Fsp3) is 0.412. The molecular weight excluding hydrogens is 320 g/mol. The van der Waals surface area contributed by atoms with Gasteiger partial charge in [0, 0.05) is 50.8 Å². The van der Waals surface area contributed by atoms with Gasteiger partial charge in [0.15, 0.2) is 5.82 Å². The number of likely N-dealkylation sites (tertiary alicyclic amines) is 1. The van der Waals surface area contributed by atoms with Gasteiger partial charge in [-0.3, -0.25) is 4.79 Å². The zero-order valence-corrected chi connectivity index (χ0v) is 13.8. The van der Waals surface area contributed by atoms with Crippen LogP contribution < -0.4 is 5.32 Å². The second kappa shape index (κ2) is 6.54. The monoisotopic (exact) mass is 340 g/mol. The standard InChI is InChI=1S/C17H20N6O2/c24-16(14-3-1-6-18-15(14)23-9-2-7-20-23)21-10-4-13(5-11-21)22-12-8-19-17(22)25/h1-3,6-7,9,13H,4-5,8,10-12H2,(H,19,25). The molecule has 1 N–H and O–H groups in total. The van der Waals surface area contributed by atoms with Gasteiger partial charge in [-0.2, -0.15) is 5.10 Å². The number of nitrogens with one attached hydrogen (secondary N) is 1. The predicted octanol–water partition coefficient (Wildman–Crippen LogP) is 0.897. The van der Waals surface area contributed by atoms with Gasteiger partial charge in [0.2, 0.25) is 0 Å². The summed E-state index contributed by atoms with van der Waals surface area (Å²) < 4.78 is 1.61. The van der Waals surface area contributed by atoms with Gasteiger partial charge in [0.25, 0.3) is 5.91 Å². The van der Waals surface area contributed by atoms with Gasteiger partial charge < -0.3 is 15.1 Å². The van der Waals surface area contributed by atoms with E-state index in [1.54, 1.807) is 41.5 Å². The molecule has 0 spiro atoms. The molecule has 2 fully saturated rings. The summed E-state index contributed by atoms with van der Waals surface area (Å²) in [7, 11) is 0. The van der Waals surface area contributed by atoms with Crippen LogP contribution in [0.4, 0.5) is 4.79 Å². The molecule has 3 amide bonds. The molecule has 8 heteroatoms. The van der Waals surface area contributed by atoms with Gasteiger partial charge in [-0.15, -0.1) is 0 Å². The SMILES string of the molecule is O=C(c1cccnc1-n1cccn1)N1CCC(N2CCNC2=O)CC1. The summed E-state index contributed by atoms with van der Waals surface area (Å²) in [4.78, 5) is 32.8. The van der Waals surface area contributed by atoms with E-state index in [1.807, 2.05) is 9.80 Å². The molecule has 0 atom stereocenters. The number of piperidine rings is 1. The molecule has 8 nitrogen and oxygen atoms in total. The van der Waals surface area contributed by atoms with Crippen LogP contribution in [-0.2, 0) is 0 Å². The van der Waals surface area contributed by atoms with E-state index in [0.717, 1.165) is 19.4 Å². The number of urea groups is 1. The highest BCUT2D eigenvalue weighted by Gasteiger charge is 2.32. The third kappa shape index (κ3) is 2.95. The number of carbonyl (C=O) groups is 2. The Morgan fingerprint density at radius 1 is 1.16 bits per heavy atom. The summed E-state index contributed by atoms with van der Waals surface area (Å²) in [5.41, 5.74) is 0.545. The zero-order valence-electron chi connectivity index (χ0n) is 13.8. The predicted molar refractivity (Wildman–Crippen MR) is 90.4 cm³/mol. The highest BCUT2D eigenvalue weighted by atomic mass is 16.2. The van der Waals surface area contributed by atoms with Gasteiger partial charge >= 0.3 is 6.03 Å². The minimum Gasteiger partial charge on any atom is -0.338 e. The largest absolute Gasteiger partial charge is 0.338 e. The summed E-state index contributed by atoms with van der Waals surface area (Å²) in [6.45, 7) is 2.74. The molecule has 0 bridgehead atoms. The van der Waals surface area contributed by atoms with E-state index in [-0.39, 0.29) is 18.0 Å². The van der Waals surface area contributed by atoms with E-state index in [0.29, 0.717) is 31.0 Å². The van der Waals surface area contributed by atoms with E-state index >= 15 is 0 Å². The maximum atomic E-state index is 13.0. The molecule has 0 unspecified atom stereocenters. The minimum absolute atomic E-state index is 0.0120. The Morgan fingerprint density at radius 2 is 2.00 bits per heavy atom. The first-order chi connectivity index (χ1) is 12.2. The summed E-state index contributed by atoms with van der Waals surface area (Å²) in [6, 6.07) is 5.58. The Labute approximate surface area is 145 Å². The number of amides is 3. The number of carbonyl (C=O) groups excluding carboxylic acids is 2.